The van der Waals surface area contributed by atoms with Crippen molar-refractivity contribution < 1.29 is 43.0 Å². The van der Waals surface area contributed by atoms with Crippen LogP contribution in [0, 0.1) is 29.6 Å². The number of ether oxygens (including phenoxy) is 2. The number of nitrogens with one attached hydrogen (secondary N) is 1. The third kappa shape index (κ3) is 12.2. The summed E-state index contributed by atoms with van der Waals surface area (Å²) in [6, 6.07) is 7.87. The summed E-state index contributed by atoms with van der Waals surface area (Å²) in [7, 11) is 4.91. The molecule has 1 N–H and O–H groups in total. The van der Waals surface area contributed by atoms with Gasteiger partial charge in [-0.2, -0.15) is 0 Å². The van der Waals surface area contributed by atoms with E-state index in [4.69, 9.17) is 9.47 Å². The van der Waals surface area contributed by atoms with Gasteiger partial charge in [0, 0.05) is 71.3 Å². The predicted molar refractivity (Wildman–Crippen MR) is 253 cm³/mol. The number of benzene rings is 1. The van der Waals surface area contributed by atoms with Crippen molar-refractivity contribution in [3.63, 3.8) is 0 Å². The van der Waals surface area contributed by atoms with E-state index < -0.39 is 36.3 Å². The van der Waals surface area contributed by atoms with Gasteiger partial charge in [-0.3, -0.25) is 38.5 Å². The second kappa shape index (κ2) is 24.0. The fraction of sp³-hybridized carbons (Fsp3) is 0.712. The molecule has 66 heavy (non-hydrogen) atoms. The molecule has 0 aromatic heterocycles. The SMILES string of the molecule is CC[C@H](C)[C@@H]([C@@H](CC(=O)N1CCC[C@H]1[C@H](OC)[C@@H](C)C(=O)C[C@H](C)[C@@H](C)c1ccccc1)OC)N(C)C(=O)[C@@H](NC(=O)[C@@H]1[C@H]2CC[C@@H](C2)N1C(=O)CCCCCN1C(=O)C=CC1=O)C(C)C. The summed E-state index contributed by atoms with van der Waals surface area (Å²) in [5.74, 6) is -1.74. The molecule has 14 heteroatoms. The van der Waals surface area contributed by atoms with E-state index in [2.05, 4.69) is 31.3 Å². The molecule has 1 aromatic rings. The maximum atomic E-state index is 14.7. The minimum absolute atomic E-state index is 0.0103. The zero-order valence-corrected chi connectivity index (χ0v) is 41.4. The standard InChI is InChI=1S/C52H79N5O9/c1-11-33(4)48(42(65-9)31-46(62)55-28-18-21-40(55)50(66-10)36(7)41(58)29-34(5)35(6)37-19-14-12-15-20-37)54(8)52(64)47(32(2)3)53-51(63)49-38-23-24-39(30-38)57(49)45(61)22-16-13-17-27-56-43(59)25-26-44(56)60/h12,14-15,19-20,25-26,32-36,38-40,42,47-50H,11,13,16-18,21-24,27-31H2,1-10H3,(H,53,63)/t33-,34-,35+,36-,38-,39-,40-,42+,47-,48-,49-,50+/m0/s1. The minimum atomic E-state index is -0.883. The van der Waals surface area contributed by atoms with E-state index in [-0.39, 0.29) is 95.7 Å². The van der Waals surface area contributed by atoms with Crippen LogP contribution in [0.4, 0.5) is 0 Å². The zero-order valence-electron chi connectivity index (χ0n) is 41.4. The normalized spacial score (nSPS) is 24.0. The fourth-order valence-electron chi connectivity index (χ4n) is 11.3. The van der Waals surface area contributed by atoms with Crippen LogP contribution in [0.15, 0.2) is 42.5 Å². The van der Waals surface area contributed by atoms with Gasteiger partial charge in [-0.25, -0.2) is 0 Å². The van der Waals surface area contributed by atoms with Gasteiger partial charge in [-0.1, -0.05) is 91.6 Å². The number of nitrogens with zero attached hydrogens (tertiary/aromatic N) is 4. The number of imide groups is 1. The van der Waals surface area contributed by atoms with E-state index in [1.54, 1.807) is 31.1 Å². The number of piperidine rings is 1. The van der Waals surface area contributed by atoms with Gasteiger partial charge < -0.3 is 29.5 Å². The topological polar surface area (TPSA) is 163 Å². The Balaban J connectivity index is 1.22. The van der Waals surface area contributed by atoms with Crippen molar-refractivity contribution in [1.82, 2.24) is 24.9 Å². The Morgan fingerprint density at radius 2 is 1.52 bits per heavy atom. The molecule has 14 nitrogen and oxygen atoms in total. The van der Waals surface area contributed by atoms with Gasteiger partial charge in [0.25, 0.3) is 11.8 Å². The summed E-state index contributed by atoms with van der Waals surface area (Å²) in [4.78, 5) is 101. The van der Waals surface area contributed by atoms with Gasteiger partial charge in [0.15, 0.2) is 0 Å². The number of carbonyl (C=O) groups is 7. The van der Waals surface area contributed by atoms with Gasteiger partial charge in [0.05, 0.1) is 30.7 Å². The number of fused-ring (bicyclic) bond motifs is 2. The highest BCUT2D eigenvalue weighted by Gasteiger charge is 2.52. The number of ketones is 1. The van der Waals surface area contributed by atoms with Gasteiger partial charge in [0.1, 0.15) is 17.9 Å². The molecule has 2 bridgehead atoms. The smallest absolute Gasteiger partial charge is 0.253 e. The average Bonchev–Trinajstić information content (AvgIpc) is 4.13. The number of hydrogen-bond donors (Lipinski definition) is 1. The molecular formula is C52H79N5O9. The van der Waals surface area contributed by atoms with E-state index in [1.807, 2.05) is 57.7 Å². The largest absolute Gasteiger partial charge is 0.379 e. The monoisotopic (exact) mass is 918 g/mol. The quantitative estimate of drug-likeness (QED) is 0.0875. The highest BCUT2D eigenvalue weighted by Crippen LogP contribution is 2.43. The number of carbonyl (C=O) groups excluding carboxylic acids is 7. The molecule has 3 heterocycles. The van der Waals surface area contributed by atoms with Crippen molar-refractivity contribution in [2.75, 3.05) is 34.4 Å². The first-order valence-electron chi connectivity index (χ1n) is 24.8. The lowest BCUT2D eigenvalue weighted by Crippen LogP contribution is -2.60. The van der Waals surface area contributed by atoms with Crippen molar-refractivity contribution in [2.45, 2.75) is 174 Å². The first kappa shape index (κ1) is 52.5. The third-order valence-corrected chi connectivity index (χ3v) is 15.6. The van der Waals surface area contributed by atoms with Crippen molar-refractivity contribution in [3.8, 4) is 0 Å². The molecule has 1 saturated carbocycles. The predicted octanol–water partition coefficient (Wildman–Crippen LogP) is 6.31. The van der Waals surface area contributed by atoms with E-state index >= 15 is 0 Å². The lowest BCUT2D eigenvalue weighted by Gasteiger charge is -2.41. The molecule has 5 rings (SSSR count). The van der Waals surface area contributed by atoms with E-state index in [0.29, 0.717) is 51.6 Å². The van der Waals surface area contributed by atoms with Gasteiger partial charge in [-0.05, 0) is 80.1 Å². The number of Topliss-reactive ketones (excluding diaryl/α,β-unsaturated/α-hetero) is 1. The number of likely N-dealkylation sites (N-methyl/N-ethyl adjacent to an activating group) is 1. The number of hydrogen-bond acceptors (Lipinski definition) is 9. The Morgan fingerprint density at radius 3 is 2.14 bits per heavy atom. The minimum Gasteiger partial charge on any atom is -0.379 e. The van der Waals surface area contributed by atoms with Crippen LogP contribution < -0.4 is 5.32 Å². The molecule has 1 aromatic carbocycles. The molecule has 1 aliphatic carbocycles. The van der Waals surface area contributed by atoms with E-state index in [1.165, 1.54) is 22.6 Å². The maximum Gasteiger partial charge on any atom is 0.253 e. The molecule has 0 radical (unpaired) electrons. The second-order valence-electron chi connectivity index (χ2n) is 20.1. The molecule has 3 aliphatic heterocycles. The number of rotatable bonds is 25. The summed E-state index contributed by atoms with van der Waals surface area (Å²) in [6.07, 6.45) is 8.55. The van der Waals surface area contributed by atoms with Crippen molar-refractivity contribution in [1.29, 1.82) is 0 Å². The molecule has 0 unspecified atom stereocenters. The Kier molecular flexibility index (Phi) is 19.1. The molecular weight excluding hydrogens is 839 g/mol. The molecule has 0 spiro atoms. The van der Waals surface area contributed by atoms with Crippen molar-refractivity contribution in [2.24, 2.45) is 29.6 Å². The first-order chi connectivity index (χ1) is 31.4. The zero-order chi connectivity index (χ0) is 48.4. The van der Waals surface area contributed by atoms with Gasteiger partial charge in [-0.15, -0.1) is 0 Å². The highest BCUT2D eigenvalue weighted by atomic mass is 16.5. The number of likely N-dealkylation sites (tertiary alicyclic amines) is 2. The van der Waals surface area contributed by atoms with Crippen LogP contribution in [0.5, 0.6) is 0 Å². The third-order valence-electron chi connectivity index (χ3n) is 15.6. The van der Waals surface area contributed by atoms with Crippen LogP contribution in [0.2, 0.25) is 0 Å². The summed E-state index contributed by atoms with van der Waals surface area (Å²) in [5.41, 5.74) is 1.20. The van der Waals surface area contributed by atoms with Gasteiger partial charge in [0.2, 0.25) is 23.6 Å². The summed E-state index contributed by atoms with van der Waals surface area (Å²) in [6.45, 7) is 14.9. The van der Waals surface area contributed by atoms with Crippen LogP contribution in [0.3, 0.4) is 0 Å². The number of methoxy groups -OCH3 is 2. The molecule has 2 saturated heterocycles. The fourth-order valence-corrected chi connectivity index (χ4v) is 11.3. The summed E-state index contributed by atoms with van der Waals surface area (Å²) < 4.78 is 12.2. The van der Waals surface area contributed by atoms with Crippen LogP contribution in [0.1, 0.15) is 137 Å². The molecule has 12 atom stereocenters. The average molecular weight is 918 g/mol. The summed E-state index contributed by atoms with van der Waals surface area (Å²) >= 11 is 0. The van der Waals surface area contributed by atoms with E-state index in [0.717, 1.165) is 25.7 Å². The van der Waals surface area contributed by atoms with Crippen LogP contribution in [-0.2, 0) is 43.0 Å². The Hall–Kier alpha value is -4.43. The molecule has 366 valence electrons. The van der Waals surface area contributed by atoms with Crippen LogP contribution in [0.25, 0.3) is 0 Å². The Labute approximate surface area is 393 Å². The lowest BCUT2D eigenvalue weighted by atomic mass is 9.81. The number of amides is 6. The number of unbranched alkanes of at least 4 members (excludes halogenated alkanes) is 2. The van der Waals surface area contributed by atoms with Crippen LogP contribution in [-0.4, -0.2) is 138 Å². The van der Waals surface area contributed by atoms with Gasteiger partial charge >= 0.3 is 0 Å². The highest BCUT2D eigenvalue weighted by molar-refractivity contribution is 6.12. The van der Waals surface area contributed by atoms with Crippen molar-refractivity contribution in [3.05, 3.63) is 48.0 Å². The molecule has 4 aliphatic rings. The van der Waals surface area contributed by atoms with E-state index in [9.17, 15) is 33.6 Å². The second-order valence-corrected chi connectivity index (χ2v) is 20.1. The lowest BCUT2D eigenvalue weighted by molar-refractivity contribution is -0.149. The Bertz CT molecular complexity index is 1870. The van der Waals surface area contributed by atoms with Crippen LogP contribution >= 0.6 is 0 Å². The molecule has 3 fully saturated rings. The molecule has 6 amide bonds. The van der Waals surface area contributed by atoms with Crippen molar-refractivity contribution >= 4 is 41.2 Å². The summed E-state index contributed by atoms with van der Waals surface area (Å²) in [5, 5.41) is 3.09. The maximum absolute atomic E-state index is 14.7. The Morgan fingerprint density at radius 1 is 0.833 bits per heavy atom. The first-order valence-corrected chi connectivity index (χ1v) is 24.8.